The summed E-state index contributed by atoms with van der Waals surface area (Å²) in [6.07, 6.45) is 0. The second kappa shape index (κ2) is 5.56. The Kier molecular flexibility index (Phi) is 3.84. The van der Waals surface area contributed by atoms with Crippen molar-refractivity contribution < 1.29 is 19.4 Å². The van der Waals surface area contributed by atoms with Gasteiger partial charge in [0.2, 0.25) is 0 Å². The number of nitrogens with zero attached hydrogens (tertiary/aromatic N) is 2. The Balaban J connectivity index is 2.58. The molecule has 0 saturated heterocycles. The zero-order valence-electron chi connectivity index (χ0n) is 11.4. The maximum Gasteiger partial charge on any atom is 0.354 e. The van der Waals surface area contributed by atoms with E-state index in [4.69, 9.17) is 14.6 Å². The highest BCUT2D eigenvalue weighted by molar-refractivity contribution is 5.86. The monoisotopic (exact) mass is 274 g/mol. The summed E-state index contributed by atoms with van der Waals surface area (Å²) in [5.74, 6) is 0.397. The topological polar surface area (TPSA) is 81.5 Å². The van der Waals surface area contributed by atoms with Crippen LogP contribution in [0.25, 0.3) is 11.4 Å². The average Bonchev–Trinajstić information content (AvgIpc) is 2.45. The predicted octanol–water partition coefficient (Wildman–Crippen LogP) is 2.17. The van der Waals surface area contributed by atoms with Gasteiger partial charge in [-0.2, -0.15) is 0 Å². The molecule has 0 unspecified atom stereocenters. The highest BCUT2D eigenvalue weighted by Gasteiger charge is 2.12. The molecule has 0 fully saturated rings. The first kappa shape index (κ1) is 13.8. The first-order valence-electron chi connectivity index (χ1n) is 5.86. The summed E-state index contributed by atoms with van der Waals surface area (Å²) in [6.45, 7) is 1.72. The summed E-state index contributed by atoms with van der Waals surface area (Å²) in [6, 6.07) is 6.59. The molecular weight excluding hydrogens is 260 g/mol. The SMILES string of the molecule is COc1cc(OC)cc(-c2nc(C)cc(C(=O)O)n2)c1. The number of benzene rings is 1. The smallest absolute Gasteiger partial charge is 0.354 e. The Morgan fingerprint density at radius 3 is 2.15 bits per heavy atom. The molecule has 2 rings (SSSR count). The van der Waals surface area contributed by atoms with Crippen molar-refractivity contribution in [1.29, 1.82) is 0 Å². The van der Waals surface area contributed by atoms with Crippen molar-refractivity contribution in [3.05, 3.63) is 35.7 Å². The molecule has 2 aromatic rings. The van der Waals surface area contributed by atoms with Gasteiger partial charge in [-0.3, -0.25) is 0 Å². The molecule has 1 aromatic carbocycles. The number of carboxylic acid groups (broad SMARTS) is 1. The highest BCUT2D eigenvalue weighted by Crippen LogP contribution is 2.28. The second-order valence-corrected chi connectivity index (χ2v) is 4.12. The third-order valence-corrected chi connectivity index (χ3v) is 2.68. The van der Waals surface area contributed by atoms with Crippen LogP contribution in [0.5, 0.6) is 11.5 Å². The largest absolute Gasteiger partial charge is 0.497 e. The van der Waals surface area contributed by atoms with Gasteiger partial charge in [-0.05, 0) is 25.1 Å². The zero-order chi connectivity index (χ0) is 14.7. The van der Waals surface area contributed by atoms with Gasteiger partial charge in [0, 0.05) is 17.3 Å². The van der Waals surface area contributed by atoms with Crippen molar-refractivity contribution in [2.45, 2.75) is 6.92 Å². The van der Waals surface area contributed by atoms with Crippen LogP contribution >= 0.6 is 0 Å². The Labute approximate surface area is 116 Å². The van der Waals surface area contributed by atoms with Crippen molar-refractivity contribution >= 4 is 5.97 Å². The van der Waals surface area contributed by atoms with Crippen LogP contribution < -0.4 is 9.47 Å². The summed E-state index contributed by atoms with van der Waals surface area (Å²) >= 11 is 0. The fraction of sp³-hybridized carbons (Fsp3) is 0.214. The van der Waals surface area contributed by atoms with Crippen molar-refractivity contribution in [3.8, 4) is 22.9 Å². The molecule has 0 amide bonds. The Morgan fingerprint density at radius 2 is 1.65 bits per heavy atom. The minimum Gasteiger partial charge on any atom is -0.497 e. The van der Waals surface area contributed by atoms with Crippen molar-refractivity contribution in [2.24, 2.45) is 0 Å². The van der Waals surface area contributed by atoms with E-state index in [9.17, 15) is 4.79 Å². The first-order chi connectivity index (χ1) is 9.53. The predicted molar refractivity (Wildman–Crippen MR) is 72.3 cm³/mol. The number of carboxylic acids is 1. The van der Waals surface area contributed by atoms with E-state index in [0.717, 1.165) is 0 Å². The minimum atomic E-state index is -1.09. The number of hydrogen-bond acceptors (Lipinski definition) is 5. The van der Waals surface area contributed by atoms with Crippen LogP contribution in [0.4, 0.5) is 0 Å². The maximum atomic E-state index is 11.0. The molecule has 0 aliphatic rings. The van der Waals surface area contributed by atoms with E-state index in [-0.39, 0.29) is 5.69 Å². The van der Waals surface area contributed by atoms with Gasteiger partial charge < -0.3 is 14.6 Å². The number of rotatable bonds is 4. The quantitative estimate of drug-likeness (QED) is 0.920. The lowest BCUT2D eigenvalue weighted by Gasteiger charge is -2.08. The first-order valence-corrected chi connectivity index (χ1v) is 5.86. The molecule has 1 aromatic heterocycles. The summed E-state index contributed by atoms with van der Waals surface area (Å²) < 4.78 is 10.3. The molecule has 0 aliphatic carbocycles. The molecule has 104 valence electrons. The highest BCUT2D eigenvalue weighted by atomic mass is 16.5. The molecule has 0 aliphatic heterocycles. The van der Waals surface area contributed by atoms with Gasteiger partial charge in [0.1, 0.15) is 11.5 Å². The zero-order valence-corrected chi connectivity index (χ0v) is 11.4. The molecule has 6 nitrogen and oxygen atoms in total. The van der Waals surface area contributed by atoms with E-state index < -0.39 is 5.97 Å². The van der Waals surface area contributed by atoms with Crippen LogP contribution in [0.15, 0.2) is 24.3 Å². The van der Waals surface area contributed by atoms with Gasteiger partial charge in [-0.15, -0.1) is 0 Å². The van der Waals surface area contributed by atoms with Crippen LogP contribution in [0.3, 0.4) is 0 Å². The van der Waals surface area contributed by atoms with Crippen LogP contribution in [0.2, 0.25) is 0 Å². The maximum absolute atomic E-state index is 11.0. The Hall–Kier alpha value is -2.63. The molecule has 1 heterocycles. The van der Waals surface area contributed by atoms with Gasteiger partial charge in [0.15, 0.2) is 11.5 Å². The lowest BCUT2D eigenvalue weighted by atomic mass is 10.1. The van der Waals surface area contributed by atoms with Crippen LogP contribution in [-0.4, -0.2) is 35.3 Å². The average molecular weight is 274 g/mol. The number of aryl methyl sites for hydroxylation is 1. The third kappa shape index (κ3) is 2.85. The van der Waals surface area contributed by atoms with E-state index in [1.54, 1.807) is 39.3 Å². The van der Waals surface area contributed by atoms with Gasteiger partial charge in [-0.1, -0.05) is 0 Å². The Morgan fingerprint density at radius 1 is 1.05 bits per heavy atom. The third-order valence-electron chi connectivity index (χ3n) is 2.68. The molecule has 0 saturated carbocycles. The van der Waals surface area contributed by atoms with E-state index >= 15 is 0 Å². The molecule has 0 spiro atoms. The van der Waals surface area contributed by atoms with Crippen LogP contribution in [0.1, 0.15) is 16.2 Å². The van der Waals surface area contributed by atoms with E-state index in [1.165, 1.54) is 6.07 Å². The van der Waals surface area contributed by atoms with Gasteiger partial charge in [0.25, 0.3) is 0 Å². The van der Waals surface area contributed by atoms with E-state index in [0.29, 0.717) is 28.6 Å². The number of hydrogen-bond donors (Lipinski definition) is 1. The lowest BCUT2D eigenvalue weighted by Crippen LogP contribution is -2.04. The number of aromatic carboxylic acids is 1. The number of aromatic nitrogens is 2. The molecule has 0 radical (unpaired) electrons. The number of methoxy groups -OCH3 is 2. The number of carbonyl (C=O) groups is 1. The molecule has 0 atom stereocenters. The lowest BCUT2D eigenvalue weighted by molar-refractivity contribution is 0.0690. The van der Waals surface area contributed by atoms with Gasteiger partial charge in [-0.25, -0.2) is 14.8 Å². The molecule has 20 heavy (non-hydrogen) atoms. The normalized spacial score (nSPS) is 10.2. The van der Waals surface area contributed by atoms with Gasteiger partial charge >= 0.3 is 5.97 Å². The van der Waals surface area contributed by atoms with E-state index in [1.807, 2.05) is 0 Å². The molecule has 1 N–H and O–H groups in total. The standard InChI is InChI=1S/C14H14N2O4/c1-8-4-12(14(17)18)16-13(15-8)9-5-10(19-2)7-11(6-9)20-3/h4-7H,1-3H3,(H,17,18). The number of ether oxygens (including phenoxy) is 2. The minimum absolute atomic E-state index is 0.0470. The van der Waals surface area contributed by atoms with Crippen molar-refractivity contribution in [2.75, 3.05) is 14.2 Å². The Bertz CT molecular complexity index is 633. The summed E-state index contributed by atoms with van der Waals surface area (Å²) in [5.41, 5.74) is 1.16. The van der Waals surface area contributed by atoms with Gasteiger partial charge in [0.05, 0.1) is 14.2 Å². The fourth-order valence-corrected chi connectivity index (χ4v) is 1.74. The second-order valence-electron chi connectivity index (χ2n) is 4.12. The van der Waals surface area contributed by atoms with Crippen LogP contribution in [0, 0.1) is 6.92 Å². The molecular formula is C14H14N2O4. The van der Waals surface area contributed by atoms with E-state index in [2.05, 4.69) is 9.97 Å². The summed E-state index contributed by atoms with van der Waals surface area (Å²) in [5, 5.41) is 9.04. The fourth-order valence-electron chi connectivity index (χ4n) is 1.74. The van der Waals surface area contributed by atoms with Crippen molar-refractivity contribution in [3.63, 3.8) is 0 Å². The molecule has 6 heteroatoms. The van der Waals surface area contributed by atoms with Crippen LogP contribution in [-0.2, 0) is 0 Å². The van der Waals surface area contributed by atoms with Crippen molar-refractivity contribution in [1.82, 2.24) is 9.97 Å². The summed E-state index contributed by atoms with van der Waals surface area (Å²) in [7, 11) is 3.08. The molecule has 0 bridgehead atoms. The summed E-state index contributed by atoms with van der Waals surface area (Å²) in [4.78, 5) is 19.3.